The molecule has 12 heteroatoms. The van der Waals surface area contributed by atoms with Crippen LogP contribution in [0.2, 0.25) is 0 Å². The fourth-order valence-corrected chi connectivity index (χ4v) is 5.20. The molecule has 0 saturated carbocycles. The van der Waals surface area contributed by atoms with Crippen molar-refractivity contribution in [2.24, 2.45) is 0 Å². The molecule has 0 aliphatic carbocycles. The van der Waals surface area contributed by atoms with Crippen molar-refractivity contribution in [3.63, 3.8) is 0 Å². The van der Waals surface area contributed by atoms with E-state index in [1.807, 2.05) is 0 Å². The number of hydrogen-bond acceptors (Lipinski definition) is 4. The van der Waals surface area contributed by atoms with Crippen molar-refractivity contribution < 1.29 is 13.6 Å². The molecule has 1 amide bonds. The van der Waals surface area contributed by atoms with Gasteiger partial charge in [0.25, 0.3) is 12.3 Å². The number of nitrogens with zero attached hydrogens (tertiary/aromatic N) is 2. The van der Waals surface area contributed by atoms with Gasteiger partial charge in [-0.2, -0.15) is 0 Å². The molecule has 1 aromatic carbocycles. The number of benzene rings is 1. The third-order valence-corrected chi connectivity index (χ3v) is 9.21. The maximum Gasteiger partial charge on any atom is 0.283 e. The number of carbonyl (C=O) groups excluding carboxylic acids is 1. The lowest BCUT2D eigenvalue weighted by Crippen LogP contribution is -2.14. The Morgan fingerprint density at radius 3 is 2.00 bits per heavy atom. The second-order valence-electron chi connectivity index (χ2n) is 3.69. The Kier molecular flexibility index (Phi) is 6.51. The number of nitrogens with one attached hydrogen (secondary N) is 1. The molecule has 0 aliphatic heterocycles. The molecular formula is C10H2Br5F2N3OS. The molecule has 0 bridgehead atoms. The van der Waals surface area contributed by atoms with Crippen LogP contribution >= 0.6 is 91.2 Å². The largest absolute Gasteiger partial charge is 0.319 e. The number of hydrogen-bond donors (Lipinski definition) is 1. The van der Waals surface area contributed by atoms with Gasteiger partial charge in [0.15, 0.2) is 5.69 Å². The minimum atomic E-state index is -2.87. The van der Waals surface area contributed by atoms with Gasteiger partial charge in [-0.3, -0.25) is 4.79 Å². The molecule has 1 N–H and O–H groups in total. The zero-order valence-corrected chi connectivity index (χ0v) is 18.7. The predicted molar refractivity (Wildman–Crippen MR) is 97.8 cm³/mol. The van der Waals surface area contributed by atoms with E-state index < -0.39 is 18.0 Å². The van der Waals surface area contributed by atoms with E-state index in [4.69, 9.17) is 0 Å². The van der Waals surface area contributed by atoms with E-state index in [0.717, 1.165) is 4.47 Å². The van der Waals surface area contributed by atoms with Crippen molar-refractivity contribution in [1.82, 2.24) is 9.59 Å². The summed E-state index contributed by atoms with van der Waals surface area (Å²) in [6.45, 7) is 0. The topological polar surface area (TPSA) is 54.9 Å². The number of anilines is 1. The van der Waals surface area contributed by atoms with Crippen molar-refractivity contribution in [2.45, 2.75) is 6.43 Å². The predicted octanol–water partition coefficient (Wildman–Crippen LogP) is 6.54. The molecule has 0 radical (unpaired) electrons. The van der Waals surface area contributed by atoms with Crippen LogP contribution in [0.3, 0.4) is 0 Å². The fraction of sp³-hybridized carbons (Fsp3) is 0.100. The Balaban J connectivity index is 2.43. The SMILES string of the molecule is O=C(Nc1c(Br)c(Br)c(Br)c(Br)c1Br)c1snnc1C(F)F. The summed E-state index contributed by atoms with van der Waals surface area (Å²) in [6.07, 6.45) is -2.87. The summed E-state index contributed by atoms with van der Waals surface area (Å²) in [7, 11) is 0. The molecule has 1 aromatic heterocycles. The first-order valence-corrected chi connectivity index (χ1v) is 9.92. The Bertz CT molecular complexity index is 725. The molecule has 0 aliphatic rings. The van der Waals surface area contributed by atoms with Gasteiger partial charge < -0.3 is 5.32 Å². The van der Waals surface area contributed by atoms with Gasteiger partial charge in [0.05, 0.1) is 14.6 Å². The summed E-state index contributed by atoms with van der Waals surface area (Å²) in [6, 6.07) is 0. The molecule has 0 spiro atoms. The summed E-state index contributed by atoms with van der Waals surface area (Å²) in [5, 5.41) is 5.85. The van der Waals surface area contributed by atoms with Gasteiger partial charge in [0.2, 0.25) is 0 Å². The minimum absolute atomic E-state index is 0.232. The average Bonchev–Trinajstić information content (AvgIpc) is 2.97. The zero-order valence-electron chi connectivity index (χ0n) is 9.93. The van der Waals surface area contributed by atoms with E-state index in [1.54, 1.807) is 0 Å². The van der Waals surface area contributed by atoms with Gasteiger partial charge in [0, 0.05) is 13.4 Å². The highest BCUT2D eigenvalue weighted by atomic mass is 79.9. The lowest BCUT2D eigenvalue weighted by Gasteiger charge is -2.14. The molecule has 0 atom stereocenters. The number of alkyl halides is 2. The Labute approximate surface area is 169 Å². The summed E-state index contributed by atoms with van der Waals surface area (Å²) in [5.74, 6) is -0.715. The lowest BCUT2D eigenvalue weighted by molar-refractivity contribution is 0.101. The Morgan fingerprint density at radius 2 is 1.50 bits per heavy atom. The van der Waals surface area contributed by atoms with E-state index in [9.17, 15) is 13.6 Å². The van der Waals surface area contributed by atoms with Crippen molar-refractivity contribution in [3.8, 4) is 0 Å². The molecule has 118 valence electrons. The summed E-state index contributed by atoms with van der Waals surface area (Å²) < 4.78 is 32.1. The molecule has 0 unspecified atom stereocenters. The maximum atomic E-state index is 12.8. The van der Waals surface area contributed by atoms with Crippen LogP contribution in [0.5, 0.6) is 0 Å². The van der Waals surface area contributed by atoms with Crippen LogP contribution < -0.4 is 5.32 Å². The van der Waals surface area contributed by atoms with E-state index in [2.05, 4.69) is 94.6 Å². The number of carbonyl (C=O) groups is 1. The zero-order chi connectivity index (χ0) is 16.6. The summed E-state index contributed by atoms with van der Waals surface area (Å²) in [5.41, 5.74) is -0.259. The summed E-state index contributed by atoms with van der Waals surface area (Å²) in [4.78, 5) is 12.0. The average molecular weight is 650 g/mol. The number of amides is 1. The van der Waals surface area contributed by atoms with Crippen molar-refractivity contribution >= 4 is 103 Å². The van der Waals surface area contributed by atoms with E-state index in [0.29, 0.717) is 35.1 Å². The minimum Gasteiger partial charge on any atom is -0.319 e. The van der Waals surface area contributed by atoms with E-state index >= 15 is 0 Å². The van der Waals surface area contributed by atoms with Crippen LogP contribution in [0.4, 0.5) is 14.5 Å². The molecule has 4 nitrogen and oxygen atoms in total. The smallest absolute Gasteiger partial charge is 0.283 e. The van der Waals surface area contributed by atoms with Crippen LogP contribution in [-0.4, -0.2) is 15.5 Å². The monoisotopic (exact) mass is 645 g/mol. The van der Waals surface area contributed by atoms with Crippen molar-refractivity contribution in [3.05, 3.63) is 32.9 Å². The highest BCUT2D eigenvalue weighted by Gasteiger charge is 2.26. The van der Waals surface area contributed by atoms with Crippen LogP contribution in [0.1, 0.15) is 21.8 Å². The van der Waals surface area contributed by atoms with Gasteiger partial charge in [-0.15, -0.1) is 5.10 Å². The normalized spacial score (nSPS) is 11.1. The van der Waals surface area contributed by atoms with Gasteiger partial charge in [0.1, 0.15) is 4.88 Å². The van der Waals surface area contributed by atoms with Gasteiger partial charge in [-0.25, -0.2) is 8.78 Å². The third kappa shape index (κ3) is 3.61. The van der Waals surface area contributed by atoms with Gasteiger partial charge >= 0.3 is 0 Å². The summed E-state index contributed by atoms with van der Waals surface area (Å²) >= 11 is 17.4. The molecular weight excluding hydrogens is 648 g/mol. The van der Waals surface area contributed by atoms with Crippen LogP contribution in [0.15, 0.2) is 22.4 Å². The van der Waals surface area contributed by atoms with Gasteiger partial charge in [-0.05, 0) is 91.2 Å². The van der Waals surface area contributed by atoms with Crippen LogP contribution in [0, 0.1) is 0 Å². The highest BCUT2D eigenvalue weighted by Crippen LogP contribution is 2.47. The van der Waals surface area contributed by atoms with E-state index in [1.165, 1.54) is 0 Å². The highest BCUT2D eigenvalue weighted by molar-refractivity contribution is 9.15. The van der Waals surface area contributed by atoms with Crippen molar-refractivity contribution in [2.75, 3.05) is 5.32 Å². The quantitative estimate of drug-likeness (QED) is 0.304. The molecule has 1 heterocycles. The molecule has 0 saturated heterocycles. The van der Waals surface area contributed by atoms with E-state index in [-0.39, 0.29) is 4.88 Å². The third-order valence-electron chi connectivity index (χ3n) is 2.37. The second kappa shape index (κ2) is 7.60. The van der Waals surface area contributed by atoms with Crippen molar-refractivity contribution in [1.29, 1.82) is 0 Å². The standard InChI is InChI=1S/C10H2Br5F2N3OS/c11-1-2(12)4(14)6(5(15)3(1)13)18-10(21)8-7(9(16)17)19-20-22-8/h9H,(H,18,21). The molecule has 2 aromatic rings. The van der Waals surface area contributed by atoms with Crippen LogP contribution in [-0.2, 0) is 0 Å². The van der Waals surface area contributed by atoms with Gasteiger partial charge in [-0.1, -0.05) is 4.49 Å². The molecule has 0 fully saturated rings. The Morgan fingerprint density at radius 1 is 1.00 bits per heavy atom. The Hall–Kier alpha value is 0.510. The number of halogens is 7. The molecule has 22 heavy (non-hydrogen) atoms. The maximum absolute atomic E-state index is 12.8. The van der Waals surface area contributed by atoms with Crippen LogP contribution in [0.25, 0.3) is 0 Å². The molecule has 2 rings (SSSR count). The fourth-order valence-electron chi connectivity index (χ4n) is 1.38. The second-order valence-corrected chi connectivity index (χ2v) is 8.41. The first-order valence-electron chi connectivity index (χ1n) is 5.18. The number of rotatable bonds is 3. The first kappa shape index (κ1) is 18.8. The first-order chi connectivity index (χ1) is 10.3. The number of aromatic nitrogens is 2. The lowest BCUT2D eigenvalue weighted by atomic mass is 10.3.